The van der Waals surface area contributed by atoms with Crippen molar-refractivity contribution in [3.05, 3.63) is 30.1 Å². The zero-order valence-electron chi connectivity index (χ0n) is 7.87. The molecule has 2 rings (SSSR count). The summed E-state index contributed by atoms with van der Waals surface area (Å²) in [5.41, 5.74) is 1.15. The number of likely N-dealkylation sites (tertiary alicyclic amines) is 1. The van der Waals surface area contributed by atoms with E-state index in [1.807, 2.05) is 17.0 Å². The normalized spacial score (nSPS) is 28.1. The molecule has 0 amide bonds. The Morgan fingerprint density at radius 3 is 2.36 bits per heavy atom. The lowest BCUT2D eigenvalue weighted by atomic mass is 10.2. The predicted molar refractivity (Wildman–Crippen MR) is 51.5 cm³/mol. The van der Waals surface area contributed by atoms with Crippen LogP contribution in [-0.2, 0) is 6.54 Å². The highest BCUT2D eigenvalue weighted by atomic mass is 16.3. The third-order valence-electron chi connectivity index (χ3n) is 2.49. The molecule has 1 saturated heterocycles. The van der Waals surface area contributed by atoms with Crippen LogP contribution >= 0.6 is 0 Å². The molecule has 1 aromatic heterocycles. The molecular weight excluding hydrogens is 180 g/mol. The van der Waals surface area contributed by atoms with Crippen LogP contribution in [0.15, 0.2) is 24.5 Å². The number of β-amino-alcohol motifs (C(OH)–C–C–N with tert-alkyl or cyclic N) is 2. The Morgan fingerprint density at radius 2 is 1.79 bits per heavy atom. The Morgan fingerprint density at radius 1 is 1.21 bits per heavy atom. The molecule has 4 nitrogen and oxygen atoms in total. The van der Waals surface area contributed by atoms with Crippen LogP contribution in [0, 0.1) is 0 Å². The topological polar surface area (TPSA) is 56.6 Å². The summed E-state index contributed by atoms with van der Waals surface area (Å²) in [7, 11) is 0. The number of nitrogens with zero attached hydrogens (tertiary/aromatic N) is 2. The maximum atomic E-state index is 9.34. The van der Waals surface area contributed by atoms with E-state index >= 15 is 0 Å². The van der Waals surface area contributed by atoms with Crippen LogP contribution in [0.25, 0.3) is 0 Å². The van der Waals surface area contributed by atoms with Gasteiger partial charge in [-0.3, -0.25) is 9.88 Å². The first-order valence-corrected chi connectivity index (χ1v) is 4.73. The Hall–Kier alpha value is -0.970. The van der Waals surface area contributed by atoms with Crippen LogP contribution in [0.4, 0.5) is 0 Å². The smallest absolute Gasteiger partial charge is 0.0938 e. The quantitative estimate of drug-likeness (QED) is 0.674. The molecule has 0 unspecified atom stereocenters. The van der Waals surface area contributed by atoms with Crippen LogP contribution in [0.2, 0.25) is 0 Å². The fraction of sp³-hybridized carbons (Fsp3) is 0.500. The molecule has 0 aliphatic carbocycles. The van der Waals surface area contributed by atoms with Crippen LogP contribution in [0.3, 0.4) is 0 Å². The Kier molecular flexibility index (Phi) is 2.77. The SMILES string of the molecule is O[C@@H]1CN(Cc2ccncc2)C[C@H]1O. The van der Waals surface area contributed by atoms with Crippen LogP contribution < -0.4 is 0 Å². The Bertz CT molecular complexity index is 281. The number of rotatable bonds is 2. The van der Waals surface area contributed by atoms with Gasteiger partial charge >= 0.3 is 0 Å². The Balaban J connectivity index is 1.94. The average Bonchev–Trinajstić information content (AvgIpc) is 2.47. The summed E-state index contributed by atoms with van der Waals surface area (Å²) in [6.07, 6.45) is 2.30. The second-order valence-electron chi connectivity index (χ2n) is 3.68. The van der Waals surface area contributed by atoms with Crippen molar-refractivity contribution in [3.63, 3.8) is 0 Å². The summed E-state index contributed by atoms with van der Waals surface area (Å²) in [4.78, 5) is 5.96. The van der Waals surface area contributed by atoms with Gasteiger partial charge in [-0.25, -0.2) is 0 Å². The van der Waals surface area contributed by atoms with Crippen molar-refractivity contribution in [1.82, 2.24) is 9.88 Å². The highest BCUT2D eigenvalue weighted by Crippen LogP contribution is 2.13. The fourth-order valence-electron chi connectivity index (χ4n) is 1.72. The summed E-state index contributed by atoms with van der Waals surface area (Å²) in [6, 6.07) is 3.88. The van der Waals surface area contributed by atoms with Gasteiger partial charge in [-0.2, -0.15) is 0 Å². The lowest BCUT2D eigenvalue weighted by molar-refractivity contribution is 0.0572. The number of aliphatic hydroxyl groups is 2. The molecule has 0 saturated carbocycles. The summed E-state index contributed by atoms with van der Waals surface area (Å²) >= 11 is 0. The summed E-state index contributed by atoms with van der Waals surface area (Å²) < 4.78 is 0. The maximum absolute atomic E-state index is 9.34. The van der Waals surface area contributed by atoms with Crippen LogP contribution in [0.5, 0.6) is 0 Å². The van der Waals surface area contributed by atoms with Crippen molar-refractivity contribution in [2.45, 2.75) is 18.8 Å². The lowest BCUT2D eigenvalue weighted by Crippen LogP contribution is -2.22. The number of aliphatic hydroxyl groups excluding tert-OH is 2. The molecule has 1 aromatic rings. The monoisotopic (exact) mass is 194 g/mol. The van der Waals surface area contributed by atoms with Gasteiger partial charge in [-0.15, -0.1) is 0 Å². The van der Waals surface area contributed by atoms with Crippen molar-refractivity contribution < 1.29 is 10.2 Å². The van der Waals surface area contributed by atoms with Gasteiger partial charge in [0.05, 0.1) is 12.2 Å². The highest BCUT2D eigenvalue weighted by molar-refractivity contribution is 5.09. The van der Waals surface area contributed by atoms with E-state index < -0.39 is 12.2 Å². The second kappa shape index (κ2) is 4.04. The van der Waals surface area contributed by atoms with Gasteiger partial charge in [0.1, 0.15) is 0 Å². The minimum Gasteiger partial charge on any atom is -0.389 e. The minimum absolute atomic E-state index is 0.545. The standard InChI is InChI=1S/C10H14N2O2/c13-9-6-12(7-10(9)14)5-8-1-3-11-4-2-8/h1-4,9-10,13-14H,5-7H2/t9-,10-/m1/s1. The largest absolute Gasteiger partial charge is 0.389 e. The van der Waals surface area contributed by atoms with Gasteiger partial charge in [-0.1, -0.05) is 0 Å². The molecule has 2 heterocycles. The average molecular weight is 194 g/mol. The molecule has 14 heavy (non-hydrogen) atoms. The van der Waals surface area contributed by atoms with E-state index in [4.69, 9.17) is 0 Å². The zero-order chi connectivity index (χ0) is 9.97. The van der Waals surface area contributed by atoms with Gasteiger partial charge in [0.2, 0.25) is 0 Å². The van der Waals surface area contributed by atoms with Crippen molar-refractivity contribution in [2.75, 3.05) is 13.1 Å². The van der Waals surface area contributed by atoms with Crippen LogP contribution in [0.1, 0.15) is 5.56 Å². The van der Waals surface area contributed by atoms with Gasteiger partial charge in [0, 0.05) is 32.0 Å². The first kappa shape index (κ1) is 9.58. The molecule has 0 aromatic carbocycles. The van der Waals surface area contributed by atoms with E-state index in [0.29, 0.717) is 13.1 Å². The predicted octanol–water partition coefficient (Wildman–Crippen LogP) is -0.381. The molecular formula is C10H14N2O2. The minimum atomic E-state index is -0.600. The zero-order valence-corrected chi connectivity index (χ0v) is 7.87. The molecule has 0 bridgehead atoms. The summed E-state index contributed by atoms with van der Waals surface area (Å²) in [6.45, 7) is 1.85. The molecule has 0 radical (unpaired) electrons. The molecule has 0 spiro atoms. The van der Waals surface area contributed by atoms with Gasteiger partial charge in [0.15, 0.2) is 0 Å². The lowest BCUT2D eigenvalue weighted by Gasteiger charge is -2.13. The number of hydrogen-bond donors (Lipinski definition) is 2. The molecule has 2 atom stereocenters. The van der Waals surface area contributed by atoms with E-state index in [1.165, 1.54) is 0 Å². The summed E-state index contributed by atoms with van der Waals surface area (Å²) in [5.74, 6) is 0. The van der Waals surface area contributed by atoms with Crippen molar-refractivity contribution in [1.29, 1.82) is 0 Å². The molecule has 4 heteroatoms. The second-order valence-corrected chi connectivity index (χ2v) is 3.68. The van der Waals surface area contributed by atoms with Gasteiger partial charge in [-0.05, 0) is 17.7 Å². The maximum Gasteiger partial charge on any atom is 0.0938 e. The number of hydrogen-bond acceptors (Lipinski definition) is 4. The third-order valence-corrected chi connectivity index (χ3v) is 2.49. The Labute approximate surface area is 82.8 Å². The van der Waals surface area contributed by atoms with E-state index in [1.54, 1.807) is 12.4 Å². The molecule has 1 fully saturated rings. The molecule has 76 valence electrons. The fourth-order valence-corrected chi connectivity index (χ4v) is 1.72. The molecule has 1 aliphatic heterocycles. The van der Waals surface area contributed by atoms with Crippen LogP contribution in [-0.4, -0.2) is 45.4 Å². The first-order chi connectivity index (χ1) is 6.75. The first-order valence-electron chi connectivity index (χ1n) is 4.73. The molecule has 1 aliphatic rings. The number of aromatic nitrogens is 1. The van der Waals surface area contributed by atoms with E-state index in [9.17, 15) is 10.2 Å². The van der Waals surface area contributed by atoms with Crippen molar-refractivity contribution in [2.24, 2.45) is 0 Å². The molecule has 2 N–H and O–H groups in total. The van der Waals surface area contributed by atoms with E-state index in [2.05, 4.69) is 4.98 Å². The van der Waals surface area contributed by atoms with Gasteiger partial charge in [0.25, 0.3) is 0 Å². The van der Waals surface area contributed by atoms with E-state index in [-0.39, 0.29) is 0 Å². The third kappa shape index (κ3) is 2.09. The number of pyridine rings is 1. The summed E-state index contributed by atoms with van der Waals surface area (Å²) in [5, 5.41) is 18.7. The van der Waals surface area contributed by atoms with E-state index in [0.717, 1.165) is 12.1 Å². The van der Waals surface area contributed by atoms with Crippen molar-refractivity contribution in [3.8, 4) is 0 Å². The highest BCUT2D eigenvalue weighted by Gasteiger charge is 2.29. The van der Waals surface area contributed by atoms with Gasteiger partial charge < -0.3 is 10.2 Å². The van der Waals surface area contributed by atoms with Crippen molar-refractivity contribution >= 4 is 0 Å².